The third-order valence-corrected chi connectivity index (χ3v) is 4.85. The Balaban J connectivity index is 1.58. The monoisotopic (exact) mass is 381 g/mol. The van der Waals surface area contributed by atoms with Crippen LogP contribution in [0.25, 0.3) is 11.1 Å². The summed E-state index contributed by atoms with van der Waals surface area (Å²) in [7, 11) is 0. The van der Waals surface area contributed by atoms with Crippen molar-refractivity contribution in [1.29, 1.82) is 0 Å². The van der Waals surface area contributed by atoms with Gasteiger partial charge in [-0.2, -0.15) is 0 Å². The number of rotatable bonds is 7. The first-order valence-electron chi connectivity index (χ1n) is 8.83. The topological polar surface area (TPSA) is 79.8 Å². The van der Waals surface area contributed by atoms with E-state index >= 15 is 0 Å². The molecule has 0 aliphatic carbocycles. The molecule has 0 saturated carbocycles. The largest absolute Gasteiger partial charge is 0.354 e. The highest BCUT2D eigenvalue weighted by Crippen LogP contribution is 2.19. The Morgan fingerprint density at radius 1 is 1.15 bits per heavy atom. The first-order chi connectivity index (χ1) is 13.0. The molecule has 1 aromatic carbocycles. The zero-order valence-corrected chi connectivity index (χ0v) is 16.5. The molecule has 140 valence electrons. The lowest BCUT2D eigenvalue weighted by Crippen LogP contribution is -2.31. The van der Waals surface area contributed by atoms with Crippen molar-refractivity contribution in [1.82, 2.24) is 20.3 Å². The van der Waals surface area contributed by atoms with Crippen LogP contribution >= 0.6 is 11.3 Å². The number of aryl methyl sites for hydroxylation is 1. The molecule has 2 N–H and O–H groups in total. The Bertz CT molecular complexity index is 889. The van der Waals surface area contributed by atoms with E-state index in [4.69, 9.17) is 0 Å². The molecule has 0 saturated heterocycles. The van der Waals surface area contributed by atoms with Crippen LogP contribution in [0.15, 0.2) is 42.0 Å². The van der Waals surface area contributed by atoms with Gasteiger partial charge in [-0.3, -0.25) is 4.79 Å². The highest BCUT2D eigenvalue weighted by atomic mass is 32.1. The molecule has 0 fully saturated rings. The normalized spacial score (nSPS) is 11.8. The number of amides is 1. The van der Waals surface area contributed by atoms with Gasteiger partial charge >= 0.3 is 0 Å². The summed E-state index contributed by atoms with van der Waals surface area (Å²) < 4.78 is 0. The summed E-state index contributed by atoms with van der Waals surface area (Å²) in [5, 5.41) is 9.17. The SMILES string of the molecule is CC(=O)NC(C)Cc1ccc(-c2cnc(NCc3csc(C)n3)nc2)cc1. The van der Waals surface area contributed by atoms with Gasteiger partial charge in [0.25, 0.3) is 0 Å². The van der Waals surface area contributed by atoms with Gasteiger partial charge in [0, 0.05) is 36.3 Å². The third kappa shape index (κ3) is 5.59. The maximum absolute atomic E-state index is 11.1. The van der Waals surface area contributed by atoms with Gasteiger partial charge in [0.2, 0.25) is 11.9 Å². The molecule has 3 aromatic rings. The van der Waals surface area contributed by atoms with E-state index in [0.717, 1.165) is 28.2 Å². The van der Waals surface area contributed by atoms with Gasteiger partial charge in [-0.25, -0.2) is 15.0 Å². The van der Waals surface area contributed by atoms with Crippen LogP contribution in [0.3, 0.4) is 0 Å². The summed E-state index contributed by atoms with van der Waals surface area (Å²) >= 11 is 1.63. The van der Waals surface area contributed by atoms with Crippen molar-refractivity contribution in [3.8, 4) is 11.1 Å². The molecule has 7 heteroatoms. The van der Waals surface area contributed by atoms with Crippen molar-refractivity contribution in [2.75, 3.05) is 5.32 Å². The van der Waals surface area contributed by atoms with Crippen LogP contribution in [0.4, 0.5) is 5.95 Å². The molecule has 1 amide bonds. The molecule has 3 rings (SSSR count). The van der Waals surface area contributed by atoms with Crippen molar-refractivity contribution >= 4 is 23.2 Å². The van der Waals surface area contributed by atoms with Crippen molar-refractivity contribution in [3.05, 3.63) is 58.3 Å². The number of benzene rings is 1. The summed E-state index contributed by atoms with van der Waals surface area (Å²) in [5.74, 6) is 0.583. The summed E-state index contributed by atoms with van der Waals surface area (Å²) in [5.41, 5.74) is 4.20. The summed E-state index contributed by atoms with van der Waals surface area (Å²) in [4.78, 5) is 24.3. The molecule has 27 heavy (non-hydrogen) atoms. The molecule has 0 spiro atoms. The molecule has 0 radical (unpaired) electrons. The Morgan fingerprint density at radius 3 is 2.44 bits per heavy atom. The van der Waals surface area contributed by atoms with E-state index in [1.165, 1.54) is 12.5 Å². The van der Waals surface area contributed by atoms with E-state index in [1.54, 1.807) is 11.3 Å². The van der Waals surface area contributed by atoms with Crippen LogP contribution in [0.2, 0.25) is 0 Å². The highest BCUT2D eigenvalue weighted by Gasteiger charge is 2.06. The minimum absolute atomic E-state index is 0.00474. The molecule has 2 aromatic heterocycles. The zero-order valence-electron chi connectivity index (χ0n) is 15.7. The number of hydrogen-bond donors (Lipinski definition) is 2. The number of carbonyl (C=O) groups is 1. The Labute approximate surface area is 163 Å². The van der Waals surface area contributed by atoms with Gasteiger partial charge < -0.3 is 10.6 Å². The van der Waals surface area contributed by atoms with Crippen molar-refractivity contribution in [3.63, 3.8) is 0 Å². The molecule has 1 atom stereocenters. The molecule has 0 aliphatic heterocycles. The van der Waals surface area contributed by atoms with Crippen LogP contribution in [0, 0.1) is 6.92 Å². The molecule has 1 unspecified atom stereocenters. The smallest absolute Gasteiger partial charge is 0.222 e. The lowest BCUT2D eigenvalue weighted by atomic mass is 10.0. The first kappa shape index (κ1) is 19.0. The predicted molar refractivity (Wildman–Crippen MR) is 109 cm³/mol. The van der Waals surface area contributed by atoms with E-state index in [9.17, 15) is 4.79 Å². The lowest BCUT2D eigenvalue weighted by Gasteiger charge is -2.12. The number of carbonyl (C=O) groups excluding carboxylic acids is 1. The average Bonchev–Trinajstić information content (AvgIpc) is 3.06. The number of anilines is 1. The second-order valence-corrected chi connectivity index (χ2v) is 7.57. The molecular formula is C20H23N5OS. The molecule has 2 heterocycles. The van der Waals surface area contributed by atoms with Gasteiger partial charge in [0.05, 0.1) is 17.2 Å². The van der Waals surface area contributed by atoms with Crippen LogP contribution in [-0.2, 0) is 17.8 Å². The summed E-state index contributed by atoms with van der Waals surface area (Å²) in [6.07, 6.45) is 4.43. The minimum Gasteiger partial charge on any atom is -0.354 e. The first-order valence-corrected chi connectivity index (χ1v) is 9.71. The van der Waals surface area contributed by atoms with Crippen LogP contribution in [0.1, 0.15) is 30.1 Å². The molecule has 0 bridgehead atoms. The number of nitrogens with zero attached hydrogens (tertiary/aromatic N) is 3. The van der Waals surface area contributed by atoms with Crippen molar-refractivity contribution < 1.29 is 4.79 Å². The minimum atomic E-state index is -0.00474. The van der Waals surface area contributed by atoms with Gasteiger partial charge in [0.15, 0.2) is 0 Å². The molecular weight excluding hydrogens is 358 g/mol. The van der Waals surface area contributed by atoms with Gasteiger partial charge in [-0.15, -0.1) is 11.3 Å². The standard InChI is InChI=1S/C20H23N5OS/c1-13(24-14(2)26)8-16-4-6-17(7-5-16)18-9-21-20(22-10-18)23-11-19-12-27-15(3)25-19/h4-7,9-10,12-13H,8,11H2,1-3H3,(H,24,26)(H,21,22,23). The van der Waals surface area contributed by atoms with E-state index in [1.807, 2.05) is 31.6 Å². The van der Waals surface area contributed by atoms with Crippen LogP contribution < -0.4 is 10.6 Å². The average molecular weight is 382 g/mol. The second kappa shape index (κ2) is 8.73. The van der Waals surface area contributed by atoms with E-state index in [2.05, 4.69) is 49.9 Å². The molecule has 6 nitrogen and oxygen atoms in total. The van der Waals surface area contributed by atoms with E-state index < -0.39 is 0 Å². The summed E-state index contributed by atoms with van der Waals surface area (Å²) in [6, 6.07) is 8.37. The Kier molecular flexibility index (Phi) is 6.13. The van der Waals surface area contributed by atoms with Crippen LogP contribution in [-0.4, -0.2) is 26.9 Å². The Hall–Kier alpha value is -2.80. The fraction of sp³-hybridized carbons (Fsp3) is 0.300. The van der Waals surface area contributed by atoms with E-state index in [-0.39, 0.29) is 11.9 Å². The quantitative estimate of drug-likeness (QED) is 0.654. The number of thiazole rings is 1. The Morgan fingerprint density at radius 2 is 1.85 bits per heavy atom. The van der Waals surface area contributed by atoms with Crippen molar-refractivity contribution in [2.45, 2.75) is 39.8 Å². The van der Waals surface area contributed by atoms with E-state index in [0.29, 0.717) is 12.5 Å². The van der Waals surface area contributed by atoms with Gasteiger partial charge in [-0.05, 0) is 31.4 Å². The fourth-order valence-electron chi connectivity index (χ4n) is 2.81. The maximum Gasteiger partial charge on any atom is 0.222 e. The predicted octanol–water partition coefficient (Wildman–Crippen LogP) is 3.59. The molecule has 0 aliphatic rings. The lowest BCUT2D eigenvalue weighted by molar-refractivity contribution is -0.119. The van der Waals surface area contributed by atoms with Gasteiger partial charge in [0.1, 0.15) is 0 Å². The maximum atomic E-state index is 11.1. The van der Waals surface area contributed by atoms with Crippen LogP contribution in [0.5, 0.6) is 0 Å². The third-order valence-electron chi connectivity index (χ3n) is 4.02. The fourth-order valence-corrected chi connectivity index (χ4v) is 3.42. The number of hydrogen-bond acceptors (Lipinski definition) is 6. The summed E-state index contributed by atoms with van der Waals surface area (Å²) in [6.45, 7) is 6.15. The number of nitrogens with one attached hydrogen (secondary N) is 2. The van der Waals surface area contributed by atoms with Crippen molar-refractivity contribution in [2.24, 2.45) is 0 Å². The second-order valence-electron chi connectivity index (χ2n) is 6.51. The highest BCUT2D eigenvalue weighted by molar-refractivity contribution is 7.09. The zero-order chi connectivity index (χ0) is 19.2. The number of aromatic nitrogens is 3. The van der Waals surface area contributed by atoms with Gasteiger partial charge in [-0.1, -0.05) is 24.3 Å².